The number of aromatic nitrogens is 1. The summed E-state index contributed by atoms with van der Waals surface area (Å²) in [6.45, 7) is 0.220. The number of hydrogen-bond donors (Lipinski definition) is 2. The Kier molecular flexibility index (Phi) is 4.08. The van der Waals surface area contributed by atoms with Crippen molar-refractivity contribution in [2.45, 2.75) is 31.0 Å². The largest absolute Gasteiger partial charge is 0.478 e. The van der Waals surface area contributed by atoms with Gasteiger partial charge in [0.15, 0.2) is 0 Å². The molecule has 0 bridgehead atoms. The summed E-state index contributed by atoms with van der Waals surface area (Å²) in [6.07, 6.45) is -2.10. The number of rotatable bonds is 5. The maximum absolute atomic E-state index is 12.7. The number of ether oxygens (including phenoxy) is 1. The second kappa shape index (κ2) is 5.51. The van der Waals surface area contributed by atoms with Crippen molar-refractivity contribution in [3.63, 3.8) is 0 Å². The first kappa shape index (κ1) is 15.6. The summed E-state index contributed by atoms with van der Waals surface area (Å²) in [5.74, 6) is -1.63. The minimum Gasteiger partial charge on any atom is -0.478 e. The number of anilines is 1. The predicted molar refractivity (Wildman–Crippen MR) is 68.3 cm³/mol. The van der Waals surface area contributed by atoms with E-state index in [0.29, 0.717) is 6.07 Å². The van der Waals surface area contributed by atoms with Gasteiger partial charge in [-0.25, -0.2) is 9.78 Å². The van der Waals surface area contributed by atoms with E-state index in [1.807, 2.05) is 0 Å². The number of carboxylic acids is 1. The van der Waals surface area contributed by atoms with Gasteiger partial charge in [-0.1, -0.05) is 0 Å². The topological polar surface area (TPSA) is 71.5 Å². The highest BCUT2D eigenvalue weighted by atomic mass is 19.4. The molecule has 2 N–H and O–H groups in total. The second-order valence-electron chi connectivity index (χ2n) is 4.99. The lowest BCUT2D eigenvalue weighted by atomic mass is 9.80. The maximum atomic E-state index is 12.7. The molecular weight excluding hydrogens is 289 g/mol. The summed E-state index contributed by atoms with van der Waals surface area (Å²) in [7, 11) is 1.53. The Balaban J connectivity index is 2.24. The Labute approximate surface area is 119 Å². The highest BCUT2D eigenvalue weighted by Crippen LogP contribution is 2.35. The minimum atomic E-state index is -4.62. The molecule has 1 aromatic heterocycles. The molecule has 0 radical (unpaired) electrons. The smallest absolute Gasteiger partial charge is 0.433 e. The van der Waals surface area contributed by atoms with Crippen molar-refractivity contribution in [2.75, 3.05) is 19.0 Å². The number of halogens is 3. The first-order chi connectivity index (χ1) is 9.77. The molecule has 8 heteroatoms. The van der Waals surface area contributed by atoms with Crippen molar-refractivity contribution in [3.05, 3.63) is 23.4 Å². The fourth-order valence-electron chi connectivity index (χ4n) is 2.19. The van der Waals surface area contributed by atoms with E-state index in [1.54, 1.807) is 0 Å². The summed E-state index contributed by atoms with van der Waals surface area (Å²) in [5.41, 5.74) is -1.88. The van der Waals surface area contributed by atoms with Crippen LogP contribution >= 0.6 is 0 Å². The van der Waals surface area contributed by atoms with Gasteiger partial charge >= 0.3 is 12.1 Å². The molecule has 1 aliphatic rings. The maximum Gasteiger partial charge on any atom is 0.433 e. The zero-order valence-electron chi connectivity index (χ0n) is 11.3. The van der Waals surface area contributed by atoms with Crippen molar-refractivity contribution in [1.82, 2.24) is 4.98 Å². The van der Waals surface area contributed by atoms with Gasteiger partial charge in [-0.05, 0) is 31.4 Å². The Morgan fingerprint density at radius 2 is 2.14 bits per heavy atom. The van der Waals surface area contributed by atoms with Crippen molar-refractivity contribution in [1.29, 1.82) is 0 Å². The quantitative estimate of drug-likeness (QED) is 0.875. The Morgan fingerprint density at radius 3 is 2.57 bits per heavy atom. The molecule has 1 fully saturated rings. The first-order valence-corrected chi connectivity index (χ1v) is 6.38. The summed E-state index contributed by atoms with van der Waals surface area (Å²) >= 11 is 0. The number of aromatic carboxylic acids is 1. The van der Waals surface area contributed by atoms with Crippen LogP contribution in [-0.4, -0.2) is 35.3 Å². The molecule has 0 spiro atoms. The van der Waals surface area contributed by atoms with Crippen LogP contribution in [0.2, 0.25) is 0 Å². The number of pyridine rings is 1. The zero-order valence-corrected chi connectivity index (χ0v) is 11.3. The average molecular weight is 304 g/mol. The minimum absolute atomic E-state index is 0.220. The number of hydrogen-bond acceptors (Lipinski definition) is 4. The number of carboxylic acid groups (broad SMARTS) is 1. The van der Waals surface area contributed by atoms with Gasteiger partial charge in [-0.15, -0.1) is 0 Å². The van der Waals surface area contributed by atoms with Crippen LogP contribution in [0.3, 0.4) is 0 Å². The van der Waals surface area contributed by atoms with E-state index in [2.05, 4.69) is 10.3 Å². The number of methoxy groups -OCH3 is 1. The van der Waals surface area contributed by atoms with E-state index in [1.165, 1.54) is 7.11 Å². The number of nitrogens with zero attached hydrogens (tertiary/aromatic N) is 1. The molecule has 1 aromatic rings. The highest BCUT2D eigenvalue weighted by Gasteiger charge is 2.38. The molecule has 0 aliphatic heterocycles. The van der Waals surface area contributed by atoms with Gasteiger partial charge in [-0.3, -0.25) is 0 Å². The van der Waals surface area contributed by atoms with Gasteiger partial charge < -0.3 is 15.2 Å². The molecule has 0 atom stereocenters. The third kappa shape index (κ3) is 3.26. The van der Waals surface area contributed by atoms with Gasteiger partial charge in [0.05, 0.1) is 5.60 Å². The van der Waals surface area contributed by atoms with Gasteiger partial charge in [0.2, 0.25) is 0 Å². The van der Waals surface area contributed by atoms with Crippen molar-refractivity contribution < 1.29 is 27.8 Å². The summed E-state index contributed by atoms with van der Waals surface area (Å²) in [6, 6.07) is 1.56. The molecule has 2 rings (SSSR count). The van der Waals surface area contributed by atoms with Crippen LogP contribution in [0.15, 0.2) is 12.1 Å². The van der Waals surface area contributed by atoms with E-state index >= 15 is 0 Å². The molecule has 1 heterocycles. The molecule has 0 unspecified atom stereocenters. The molecule has 21 heavy (non-hydrogen) atoms. The van der Waals surface area contributed by atoms with E-state index in [9.17, 15) is 18.0 Å². The van der Waals surface area contributed by atoms with Gasteiger partial charge in [0.1, 0.15) is 17.1 Å². The predicted octanol–water partition coefficient (Wildman–Crippen LogP) is 2.78. The summed E-state index contributed by atoms with van der Waals surface area (Å²) in [5, 5.41) is 11.7. The molecule has 0 saturated heterocycles. The fraction of sp³-hybridized carbons (Fsp3) is 0.538. The first-order valence-electron chi connectivity index (χ1n) is 6.38. The lowest BCUT2D eigenvalue weighted by Crippen LogP contribution is -2.45. The lowest BCUT2D eigenvalue weighted by Gasteiger charge is -2.40. The van der Waals surface area contributed by atoms with Crippen LogP contribution < -0.4 is 5.32 Å². The number of alkyl halides is 3. The Bertz CT molecular complexity index is 536. The molecular formula is C13H15F3N2O3. The SMILES string of the molecule is COC1(CNc2nc(C(F)(F)F)ccc2C(=O)O)CCC1. The van der Waals surface area contributed by atoms with Crippen molar-refractivity contribution in [3.8, 4) is 0 Å². The van der Waals surface area contributed by atoms with E-state index in [-0.39, 0.29) is 17.9 Å². The monoisotopic (exact) mass is 304 g/mol. The lowest BCUT2D eigenvalue weighted by molar-refractivity contribution is -0.141. The fourth-order valence-corrected chi connectivity index (χ4v) is 2.19. The zero-order chi connectivity index (χ0) is 15.7. The second-order valence-corrected chi connectivity index (χ2v) is 4.99. The van der Waals surface area contributed by atoms with Crippen LogP contribution in [0, 0.1) is 0 Å². The molecule has 0 aromatic carbocycles. The Hall–Kier alpha value is -1.83. The molecule has 1 saturated carbocycles. The van der Waals surface area contributed by atoms with Gasteiger partial charge in [0, 0.05) is 13.7 Å². The normalized spacial score (nSPS) is 17.1. The van der Waals surface area contributed by atoms with E-state index < -0.39 is 23.4 Å². The van der Waals surface area contributed by atoms with Gasteiger partial charge in [-0.2, -0.15) is 13.2 Å². The molecule has 0 amide bonds. The Morgan fingerprint density at radius 1 is 1.48 bits per heavy atom. The standard InChI is InChI=1S/C13H15F3N2O3/c1-21-12(5-2-6-12)7-17-10-8(11(19)20)3-4-9(18-10)13(14,15)16/h3-4H,2,5-7H2,1H3,(H,17,18)(H,19,20). The average Bonchev–Trinajstić information content (AvgIpc) is 2.36. The van der Waals surface area contributed by atoms with Crippen molar-refractivity contribution in [2.24, 2.45) is 0 Å². The third-order valence-electron chi connectivity index (χ3n) is 3.69. The van der Waals surface area contributed by atoms with Crippen LogP contribution in [0.1, 0.15) is 35.3 Å². The van der Waals surface area contributed by atoms with Crippen LogP contribution in [0.25, 0.3) is 0 Å². The summed E-state index contributed by atoms with van der Waals surface area (Å²) in [4.78, 5) is 14.5. The number of nitrogens with one attached hydrogen (secondary N) is 1. The van der Waals surface area contributed by atoms with Crippen LogP contribution in [-0.2, 0) is 10.9 Å². The van der Waals surface area contributed by atoms with Crippen LogP contribution in [0.5, 0.6) is 0 Å². The number of carbonyl (C=O) groups is 1. The highest BCUT2D eigenvalue weighted by molar-refractivity contribution is 5.93. The summed E-state index contributed by atoms with van der Waals surface area (Å²) < 4.78 is 43.3. The van der Waals surface area contributed by atoms with Crippen molar-refractivity contribution >= 4 is 11.8 Å². The van der Waals surface area contributed by atoms with E-state index in [0.717, 1.165) is 25.3 Å². The molecule has 116 valence electrons. The van der Waals surface area contributed by atoms with E-state index in [4.69, 9.17) is 9.84 Å². The molecule has 5 nitrogen and oxygen atoms in total. The van der Waals surface area contributed by atoms with Gasteiger partial charge in [0.25, 0.3) is 0 Å². The molecule has 1 aliphatic carbocycles. The third-order valence-corrected chi connectivity index (χ3v) is 3.69. The van der Waals surface area contributed by atoms with Crippen LogP contribution in [0.4, 0.5) is 19.0 Å².